The molecule has 0 N–H and O–H groups in total. The highest BCUT2D eigenvalue weighted by atomic mass is 16.5. The van der Waals surface area contributed by atoms with Crippen molar-refractivity contribution in [1.29, 1.82) is 0 Å². The van der Waals surface area contributed by atoms with E-state index < -0.39 is 0 Å². The maximum absolute atomic E-state index is 11.5. The number of carbonyl (C=O) groups is 1. The van der Waals surface area contributed by atoms with Crippen LogP contribution in [0.5, 0.6) is 0 Å². The first-order chi connectivity index (χ1) is 7.67. The Morgan fingerprint density at radius 2 is 1.88 bits per heavy atom. The molecule has 0 aliphatic heterocycles. The highest BCUT2D eigenvalue weighted by Gasteiger charge is 2.28. The summed E-state index contributed by atoms with van der Waals surface area (Å²) in [5, 5.41) is 0. The molecule has 0 spiro atoms. The molecule has 0 aromatic rings. The summed E-state index contributed by atoms with van der Waals surface area (Å²) in [7, 11) is 0. The van der Waals surface area contributed by atoms with E-state index in [0.29, 0.717) is 18.8 Å². The van der Waals surface area contributed by atoms with Crippen molar-refractivity contribution in [2.24, 2.45) is 5.92 Å². The van der Waals surface area contributed by atoms with E-state index in [1.54, 1.807) is 0 Å². The zero-order chi connectivity index (χ0) is 12.0. The standard InChI is InChI=1S/C13H24O3/c1-4-10(3)16-12-8-6-11(7-9-12)13(14)15-5-2/h10-12H,4-9H2,1-3H3/t10?,11-,12+. The summed E-state index contributed by atoms with van der Waals surface area (Å²) < 4.78 is 10.9. The molecular formula is C13H24O3. The molecule has 0 amide bonds. The maximum atomic E-state index is 11.5. The van der Waals surface area contributed by atoms with E-state index in [2.05, 4.69) is 13.8 Å². The highest BCUT2D eigenvalue weighted by molar-refractivity contribution is 5.72. The van der Waals surface area contributed by atoms with Crippen LogP contribution in [-0.4, -0.2) is 24.8 Å². The van der Waals surface area contributed by atoms with Gasteiger partial charge in [0.05, 0.1) is 24.7 Å². The Kier molecular flexibility index (Phi) is 5.81. The lowest BCUT2D eigenvalue weighted by Crippen LogP contribution is -2.29. The maximum Gasteiger partial charge on any atom is 0.308 e. The molecule has 1 aliphatic rings. The summed E-state index contributed by atoms with van der Waals surface area (Å²) >= 11 is 0. The second kappa shape index (κ2) is 6.89. The third-order valence-electron chi connectivity index (χ3n) is 3.29. The van der Waals surface area contributed by atoms with Crippen molar-refractivity contribution in [3.8, 4) is 0 Å². The summed E-state index contributed by atoms with van der Waals surface area (Å²) in [5.74, 6) is 0.0845. The molecule has 1 atom stereocenters. The molecule has 0 saturated heterocycles. The van der Waals surface area contributed by atoms with Gasteiger partial charge in [-0.1, -0.05) is 6.92 Å². The van der Waals surface area contributed by atoms with Gasteiger partial charge in [-0.15, -0.1) is 0 Å². The predicted octanol–water partition coefficient (Wildman–Crippen LogP) is 2.92. The van der Waals surface area contributed by atoms with Crippen molar-refractivity contribution in [1.82, 2.24) is 0 Å². The number of esters is 1. The third kappa shape index (κ3) is 4.12. The SMILES string of the molecule is CCOC(=O)[C@H]1CC[C@@H](OC(C)CC)CC1. The fourth-order valence-corrected chi connectivity index (χ4v) is 2.12. The van der Waals surface area contributed by atoms with Crippen LogP contribution >= 0.6 is 0 Å². The molecule has 0 heterocycles. The molecule has 1 saturated carbocycles. The summed E-state index contributed by atoms with van der Waals surface area (Å²) in [6.07, 6.45) is 5.56. The van der Waals surface area contributed by atoms with E-state index in [0.717, 1.165) is 32.1 Å². The molecule has 0 aromatic carbocycles. The van der Waals surface area contributed by atoms with E-state index in [1.165, 1.54) is 0 Å². The second-order valence-corrected chi connectivity index (χ2v) is 4.58. The second-order valence-electron chi connectivity index (χ2n) is 4.58. The normalized spacial score (nSPS) is 27.4. The van der Waals surface area contributed by atoms with Gasteiger partial charge in [0.25, 0.3) is 0 Å². The molecule has 1 fully saturated rings. The van der Waals surface area contributed by atoms with Gasteiger partial charge in [-0.05, 0) is 46.0 Å². The summed E-state index contributed by atoms with van der Waals surface area (Å²) in [4.78, 5) is 11.5. The van der Waals surface area contributed by atoms with Gasteiger partial charge < -0.3 is 9.47 Å². The van der Waals surface area contributed by atoms with Gasteiger partial charge in [0.15, 0.2) is 0 Å². The number of ether oxygens (including phenoxy) is 2. The lowest BCUT2D eigenvalue weighted by molar-refractivity contribution is -0.150. The Balaban J connectivity index is 2.25. The first-order valence-corrected chi connectivity index (χ1v) is 6.49. The quantitative estimate of drug-likeness (QED) is 0.679. The Morgan fingerprint density at radius 1 is 1.25 bits per heavy atom. The van der Waals surface area contributed by atoms with Crippen LogP contribution in [0.25, 0.3) is 0 Å². The Labute approximate surface area is 98.5 Å². The minimum Gasteiger partial charge on any atom is -0.466 e. The number of carbonyl (C=O) groups excluding carboxylic acids is 1. The first kappa shape index (κ1) is 13.5. The Morgan fingerprint density at radius 3 is 2.38 bits per heavy atom. The average molecular weight is 228 g/mol. The van der Waals surface area contributed by atoms with Crippen LogP contribution in [0.1, 0.15) is 52.9 Å². The van der Waals surface area contributed by atoms with Gasteiger partial charge in [-0.25, -0.2) is 0 Å². The molecule has 0 radical (unpaired) electrons. The largest absolute Gasteiger partial charge is 0.466 e. The zero-order valence-electron chi connectivity index (χ0n) is 10.7. The Bertz CT molecular complexity index is 207. The van der Waals surface area contributed by atoms with Crippen LogP contribution in [0.15, 0.2) is 0 Å². The predicted molar refractivity (Wildman–Crippen MR) is 63.2 cm³/mol. The van der Waals surface area contributed by atoms with Gasteiger partial charge in [0.1, 0.15) is 0 Å². The molecule has 0 bridgehead atoms. The van der Waals surface area contributed by atoms with Crippen LogP contribution in [0.4, 0.5) is 0 Å². The molecular weight excluding hydrogens is 204 g/mol. The van der Waals surface area contributed by atoms with E-state index in [1.807, 2.05) is 6.92 Å². The van der Waals surface area contributed by atoms with Crippen molar-refractivity contribution in [3.05, 3.63) is 0 Å². The minimum absolute atomic E-state index is 0.0236. The topological polar surface area (TPSA) is 35.5 Å². The van der Waals surface area contributed by atoms with Crippen LogP contribution < -0.4 is 0 Å². The summed E-state index contributed by atoms with van der Waals surface area (Å²) in [5.41, 5.74) is 0. The van der Waals surface area contributed by atoms with E-state index >= 15 is 0 Å². The van der Waals surface area contributed by atoms with Crippen molar-refractivity contribution < 1.29 is 14.3 Å². The molecule has 3 nitrogen and oxygen atoms in total. The minimum atomic E-state index is -0.0236. The zero-order valence-corrected chi connectivity index (χ0v) is 10.7. The molecule has 1 rings (SSSR count). The molecule has 94 valence electrons. The monoisotopic (exact) mass is 228 g/mol. The van der Waals surface area contributed by atoms with Crippen LogP contribution in [-0.2, 0) is 14.3 Å². The van der Waals surface area contributed by atoms with E-state index in [-0.39, 0.29) is 11.9 Å². The van der Waals surface area contributed by atoms with Gasteiger partial charge in [0.2, 0.25) is 0 Å². The van der Waals surface area contributed by atoms with Gasteiger partial charge in [-0.2, -0.15) is 0 Å². The lowest BCUT2D eigenvalue weighted by Gasteiger charge is -2.29. The van der Waals surface area contributed by atoms with E-state index in [4.69, 9.17) is 9.47 Å². The number of rotatable bonds is 5. The van der Waals surface area contributed by atoms with Crippen molar-refractivity contribution in [2.45, 2.75) is 65.1 Å². The van der Waals surface area contributed by atoms with Crippen molar-refractivity contribution >= 4 is 5.97 Å². The molecule has 1 unspecified atom stereocenters. The van der Waals surface area contributed by atoms with E-state index in [9.17, 15) is 4.79 Å². The van der Waals surface area contributed by atoms with Gasteiger partial charge in [0, 0.05) is 0 Å². The van der Waals surface area contributed by atoms with Crippen LogP contribution in [0.2, 0.25) is 0 Å². The van der Waals surface area contributed by atoms with Crippen LogP contribution in [0, 0.1) is 5.92 Å². The smallest absolute Gasteiger partial charge is 0.308 e. The fraction of sp³-hybridized carbons (Fsp3) is 0.923. The molecule has 0 aromatic heterocycles. The Hall–Kier alpha value is -0.570. The number of hydrogen-bond donors (Lipinski definition) is 0. The van der Waals surface area contributed by atoms with Crippen molar-refractivity contribution in [2.75, 3.05) is 6.61 Å². The molecule has 3 heteroatoms. The van der Waals surface area contributed by atoms with Gasteiger partial charge in [-0.3, -0.25) is 4.79 Å². The fourth-order valence-electron chi connectivity index (χ4n) is 2.12. The molecule has 1 aliphatic carbocycles. The third-order valence-corrected chi connectivity index (χ3v) is 3.29. The average Bonchev–Trinajstić information content (AvgIpc) is 2.30. The first-order valence-electron chi connectivity index (χ1n) is 6.49. The van der Waals surface area contributed by atoms with Crippen molar-refractivity contribution in [3.63, 3.8) is 0 Å². The summed E-state index contributed by atoms with van der Waals surface area (Å²) in [6, 6.07) is 0. The van der Waals surface area contributed by atoms with Gasteiger partial charge >= 0.3 is 5.97 Å². The molecule has 16 heavy (non-hydrogen) atoms. The van der Waals surface area contributed by atoms with Crippen LogP contribution in [0.3, 0.4) is 0 Å². The summed E-state index contributed by atoms with van der Waals surface area (Å²) in [6.45, 7) is 6.59. The number of hydrogen-bond acceptors (Lipinski definition) is 3. The lowest BCUT2D eigenvalue weighted by atomic mass is 9.87. The highest BCUT2D eigenvalue weighted by Crippen LogP contribution is 2.28.